The average molecular weight is 445 g/mol. The number of benzene rings is 1. The Morgan fingerprint density at radius 1 is 1.29 bits per heavy atom. The van der Waals surface area contributed by atoms with Crippen molar-refractivity contribution in [1.82, 2.24) is 20.3 Å². The zero-order valence-corrected chi connectivity index (χ0v) is 16.6. The van der Waals surface area contributed by atoms with E-state index in [1.807, 2.05) is 0 Å². The normalized spacial score (nSPS) is 10.8. The van der Waals surface area contributed by atoms with Gasteiger partial charge in [0.15, 0.2) is 17.3 Å². The number of halogens is 4. The maximum atomic E-state index is 14.9. The van der Waals surface area contributed by atoms with E-state index in [9.17, 15) is 9.18 Å². The summed E-state index contributed by atoms with van der Waals surface area (Å²) in [5.74, 6) is -0.780. The Labute approximate surface area is 174 Å². The van der Waals surface area contributed by atoms with Crippen LogP contribution in [0.25, 0.3) is 0 Å². The molecule has 0 saturated carbocycles. The van der Waals surface area contributed by atoms with Crippen LogP contribution in [0.1, 0.15) is 21.9 Å². The third-order valence-electron chi connectivity index (χ3n) is 3.57. The lowest BCUT2D eigenvalue weighted by Gasteiger charge is -2.13. The molecule has 0 unspecified atom stereocenters. The minimum atomic E-state index is -0.747. The molecule has 2 heterocycles. The summed E-state index contributed by atoms with van der Waals surface area (Å²) in [5, 5.41) is 2.76. The van der Waals surface area contributed by atoms with Gasteiger partial charge in [0.2, 0.25) is 0 Å². The second-order valence-corrected chi connectivity index (χ2v) is 6.84. The first-order valence-electron chi connectivity index (χ1n) is 7.82. The van der Waals surface area contributed by atoms with Crippen LogP contribution in [0.3, 0.4) is 0 Å². The van der Waals surface area contributed by atoms with E-state index in [1.165, 1.54) is 24.3 Å². The van der Waals surface area contributed by atoms with Crippen LogP contribution in [0.2, 0.25) is 15.3 Å². The zero-order chi connectivity index (χ0) is 20.4. The lowest BCUT2D eigenvalue weighted by atomic mass is 10.2. The van der Waals surface area contributed by atoms with Crippen molar-refractivity contribution in [2.24, 2.45) is 0 Å². The van der Waals surface area contributed by atoms with Gasteiger partial charge in [-0.05, 0) is 13.0 Å². The highest BCUT2D eigenvalue weighted by atomic mass is 35.5. The maximum absolute atomic E-state index is 14.9. The summed E-state index contributed by atoms with van der Waals surface area (Å²) < 4.78 is 20.4. The number of rotatable bonds is 5. The topological polar surface area (TPSA) is 106 Å². The predicted octanol–water partition coefficient (Wildman–Crippen LogP) is 4.52. The number of nitrogens with two attached hydrogens (primary N) is 1. The zero-order valence-electron chi connectivity index (χ0n) is 14.3. The van der Waals surface area contributed by atoms with Gasteiger partial charge in [-0.25, -0.2) is 14.4 Å². The molecule has 4 N–H and O–H groups in total. The van der Waals surface area contributed by atoms with E-state index in [4.69, 9.17) is 45.3 Å². The summed E-state index contributed by atoms with van der Waals surface area (Å²) in [6, 6.07) is 5.61. The maximum Gasteiger partial charge on any atom is 0.273 e. The number of hydrogen-bond donors (Lipinski definition) is 3. The first kappa shape index (κ1) is 20.2. The van der Waals surface area contributed by atoms with Gasteiger partial charge in [0, 0.05) is 24.2 Å². The van der Waals surface area contributed by atoms with Gasteiger partial charge in [0.05, 0.1) is 5.02 Å². The number of carbonyl (C=O) groups is 1. The summed E-state index contributed by atoms with van der Waals surface area (Å²) in [4.78, 5) is 22.7. The largest absolute Gasteiger partial charge is 0.452 e. The number of aromatic amines is 1. The summed E-state index contributed by atoms with van der Waals surface area (Å²) in [7, 11) is 0. The standard InChI is InChI=1S/C17H13Cl3FN5O2/c1-7-24-14(16(20)25-7)17(27)23-6-8-2-3-10(18)15(13(8)21)28-9-4-11(19)26-12(22)5-9/h2-5H,6H2,1H3,(H2,22,26)(H,23,27)(H,24,25). The second-order valence-electron chi connectivity index (χ2n) is 5.67. The summed E-state index contributed by atoms with van der Waals surface area (Å²) >= 11 is 17.8. The molecule has 0 saturated heterocycles. The molecule has 28 heavy (non-hydrogen) atoms. The fourth-order valence-corrected chi connectivity index (χ4v) is 3.00. The molecule has 0 aliphatic rings. The molecule has 0 fully saturated rings. The van der Waals surface area contributed by atoms with Gasteiger partial charge < -0.3 is 20.8 Å². The number of pyridine rings is 1. The molecule has 0 aliphatic heterocycles. The minimum Gasteiger partial charge on any atom is -0.452 e. The van der Waals surface area contributed by atoms with E-state index in [2.05, 4.69) is 20.3 Å². The fourth-order valence-electron chi connectivity index (χ4n) is 2.35. The van der Waals surface area contributed by atoms with Crippen molar-refractivity contribution < 1.29 is 13.9 Å². The lowest BCUT2D eigenvalue weighted by Crippen LogP contribution is -2.24. The molecule has 0 spiro atoms. The molecule has 1 amide bonds. The van der Waals surface area contributed by atoms with Crippen molar-refractivity contribution in [3.05, 3.63) is 62.5 Å². The van der Waals surface area contributed by atoms with Crippen molar-refractivity contribution in [1.29, 1.82) is 0 Å². The van der Waals surface area contributed by atoms with E-state index in [0.717, 1.165) is 0 Å². The number of anilines is 1. The van der Waals surface area contributed by atoms with Crippen LogP contribution in [-0.2, 0) is 6.54 Å². The average Bonchev–Trinajstić information content (AvgIpc) is 2.95. The molecular weight excluding hydrogens is 432 g/mol. The highest BCUT2D eigenvalue weighted by Crippen LogP contribution is 2.35. The highest BCUT2D eigenvalue weighted by Gasteiger charge is 2.18. The van der Waals surface area contributed by atoms with E-state index >= 15 is 0 Å². The van der Waals surface area contributed by atoms with Crippen LogP contribution in [-0.4, -0.2) is 20.9 Å². The lowest BCUT2D eigenvalue weighted by molar-refractivity contribution is 0.0946. The first-order valence-corrected chi connectivity index (χ1v) is 8.96. The van der Waals surface area contributed by atoms with Gasteiger partial charge in [0.25, 0.3) is 5.91 Å². The van der Waals surface area contributed by atoms with Gasteiger partial charge in [0.1, 0.15) is 27.7 Å². The number of nitrogen functional groups attached to an aromatic ring is 1. The van der Waals surface area contributed by atoms with Gasteiger partial charge >= 0.3 is 0 Å². The number of carbonyl (C=O) groups excluding carboxylic acids is 1. The molecule has 0 aliphatic carbocycles. The Morgan fingerprint density at radius 2 is 2.04 bits per heavy atom. The Hall–Kier alpha value is -2.55. The van der Waals surface area contributed by atoms with Crippen LogP contribution in [0.4, 0.5) is 10.2 Å². The smallest absolute Gasteiger partial charge is 0.273 e. The van der Waals surface area contributed by atoms with E-state index in [-0.39, 0.29) is 50.4 Å². The number of nitrogens with one attached hydrogen (secondary N) is 2. The highest BCUT2D eigenvalue weighted by molar-refractivity contribution is 6.32. The molecule has 0 atom stereocenters. The molecule has 3 aromatic rings. The SMILES string of the molecule is Cc1nc(C(=O)NCc2ccc(Cl)c(Oc3cc(N)nc(Cl)c3)c2F)c(Cl)[nH]1. The molecule has 7 nitrogen and oxygen atoms in total. The van der Waals surface area contributed by atoms with Gasteiger partial charge in [-0.15, -0.1) is 0 Å². The number of imidazole rings is 1. The summed E-state index contributed by atoms with van der Waals surface area (Å²) in [5.41, 5.74) is 5.76. The predicted molar refractivity (Wildman–Crippen MR) is 105 cm³/mol. The third kappa shape index (κ3) is 4.46. The Bertz CT molecular complexity index is 1040. The number of amides is 1. The summed E-state index contributed by atoms with van der Waals surface area (Å²) in [6.45, 7) is 1.52. The summed E-state index contributed by atoms with van der Waals surface area (Å²) in [6.07, 6.45) is 0. The van der Waals surface area contributed by atoms with Gasteiger partial charge in [-0.1, -0.05) is 40.9 Å². The van der Waals surface area contributed by atoms with Gasteiger partial charge in [-0.2, -0.15) is 0 Å². The van der Waals surface area contributed by atoms with Crippen molar-refractivity contribution in [2.75, 3.05) is 5.73 Å². The van der Waals surface area contributed by atoms with Gasteiger partial charge in [-0.3, -0.25) is 4.79 Å². The number of H-pyrrole nitrogens is 1. The Kier molecular flexibility index (Phi) is 5.93. The first-order chi connectivity index (χ1) is 13.2. The second kappa shape index (κ2) is 8.22. The quantitative estimate of drug-likeness (QED) is 0.502. The van der Waals surface area contributed by atoms with Crippen LogP contribution in [0, 0.1) is 12.7 Å². The molecule has 3 rings (SSSR count). The molecule has 146 valence electrons. The number of hydrogen-bond acceptors (Lipinski definition) is 5. The Balaban J connectivity index is 1.80. The van der Waals surface area contributed by atoms with Crippen LogP contribution in [0.5, 0.6) is 11.5 Å². The van der Waals surface area contributed by atoms with E-state index in [0.29, 0.717) is 5.82 Å². The Morgan fingerprint density at radius 3 is 2.68 bits per heavy atom. The van der Waals surface area contributed by atoms with Crippen LogP contribution >= 0.6 is 34.8 Å². The molecule has 1 aromatic carbocycles. The van der Waals surface area contributed by atoms with Crippen molar-refractivity contribution in [2.45, 2.75) is 13.5 Å². The van der Waals surface area contributed by atoms with Crippen molar-refractivity contribution in [3.63, 3.8) is 0 Å². The number of aromatic nitrogens is 3. The number of nitrogens with zero attached hydrogens (tertiary/aromatic N) is 2. The fraction of sp³-hybridized carbons (Fsp3) is 0.118. The van der Waals surface area contributed by atoms with Crippen molar-refractivity contribution >= 4 is 46.5 Å². The molecule has 0 bridgehead atoms. The van der Waals surface area contributed by atoms with Crippen LogP contribution < -0.4 is 15.8 Å². The molecule has 11 heteroatoms. The molecule has 0 radical (unpaired) electrons. The monoisotopic (exact) mass is 443 g/mol. The third-order valence-corrected chi connectivity index (χ3v) is 4.33. The number of aryl methyl sites for hydroxylation is 1. The molecule has 2 aromatic heterocycles. The number of ether oxygens (including phenoxy) is 1. The van der Waals surface area contributed by atoms with Crippen LogP contribution in [0.15, 0.2) is 24.3 Å². The molecular formula is C17H13Cl3FN5O2. The van der Waals surface area contributed by atoms with E-state index in [1.54, 1.807) is 6.92 Å². The van der Waals surface area contributed by atoms with Crippen molar-refractivity contribution in [3.8, 4) is 11.5 Å². The minimum absolute atomic E-state index is 0.0203. The van der Waals surface area contributed by atoms with E-state index < -0.39 is 11.7 Å².